The summed E-state index contributed by atoms with van der Waals surface area (Å²) in [6.45, 7) is 3.46. The first-order chi connectivity index (χ1) is 11.5. The lowest BCUT2D eigenvalue weighted by Crippen LogP contribution is -2.53. The SMILES string of the molecule is CN(CC1CCN(C2CCCNC2=O)CC1)C(=O)c1cnn(C)c1. The first-order valence-electron chi connectivity index (χ1n) is 8.80. The monoisotopic (exact) mass is 333 g/mol. The fraction of sp³-hybridized carbons (Fsp3) is 0.706. The molecule has 2 fully saturated rings. The third kappa shape index (κ3) is 3.77. The Morgan fingerprint density at radius 3 is 2.75 bits per heavy atom. The summed E-state index contributed by atoms with van der Waals surface area (Å²) in [4.78, 5) is 28.5. The van der Waals surface area contributed by atoms with Gasteiger partial charge in [-0.15, -0.1) is 0 Å². The van der Waals surface area contributed by atoms with E-state index in [0.29, 0.717) is 11.5 Å². The van der Waals surface area contributed by atoms with Crippen LogP contribution in [0, 0.1) is 5.92 Å². The van der Waals surface area contributed by atoms with E-state index in [2.05, 4.69) is 15.3 Å². The molecule has 0 aromatic carbocycles. The highest BCUT2D eigenvalue weighted by Crippen LogP contribution is 2.23. The fourth-order valence-electron chi connectivity index (χ4n) is 3.77. The van der Waals surface area contributed by atoms with E-state index < -0.39 is 0 Å². The van der Waals surface area contributed by atoms with Crippen LogP contribution in [0.15, 0.2) is 12.4 Å². The molecule has 1 aromatic rings. The zero-order chi connectivity index (χ0) is 17.1. The maximum absolute atomic E-state index is 12.4. The molecule has 2 aliphatic heterocycles. The molecule has 7 nitrogen and oxygen atoms in total. The summed E-state index contributed by atoms with van der Waals surface area (Å²) in [6, 6.07) is 0.0504. The summed E-state index contributed by atoms with van der Waals surface area (Å²) < 4.78 is 1.65. The number of carbonyl (C=O) groups excluding carboxylic acids is 2. The smallest absolute Gasteiger partial charge is 0.256 e. The Kier molecular flexibility index (Phi) is 5.18. The quantitative estimate of drug-likeness (QED) is 0.870. The number of likely N-dealkylation sites (tertiary alicyclic amines) is 1. The molecule has 3 heterocycles. The Labute approximate surface area is 143 Å². The number of aromatic nitrogens is 2. The molecule has 24 heavy (non-hydrogen) atoms. The van der Waals surface area contributed by atoms with E-state index in [0.717, 1.165) is 51.9 Å². The average Bonchev–Trinajstić information content (AvgIpc) is 3.02. The van der Waals surface area contributed by atoms with Crippen molar-refractivity contribution in [2.24, 2.45) is 13.0 Å². The van der Waals surface area contributed by atoms with Gasteiger partial charge < -0.3 is 10.2 Å². The van der Waals surface area contributed by atoms with Crippen LogP contribution in [0.25, 0.3) is 0 Å². The molecule has 0 aliphatic carbocycles. The zero-order valence-electron chi connectivity index (χ0n) is 14.6. The Hall–Kier alpha value is -1.89. The van der Waals surface area contributed by atoms with Crippen molar-refractivity contribution in [2.45, 2.75) is 31.7 Å². The second kappa shape index (κ2) is 7.34. The van der Waals surface area contributed by atoms with Gasteiger partial charge in [0, 0.05) is 33.4 Å². The highest BCUT2D eigenvalue weighted by Gasteiger charge is 2.31. The van der Waals surface area contributed by atoms with Crippen LogP contribution in [-0.2, 0) is 11.8 Å². The normalized spacial score (nSPS) is 23.1. The number of aryl methyl sites for hydroxylation is 1. The van der Waals surface area contributed by atoms with Gasteiger partial charge in [-0.1, -0.05) is 0 Å². The van der Waals surface area contributed by atoms with E-state index in [9.17, 15) is 9.59 Å². The lowest BCUT2D eigenvalue weighted by Gasteiger charge is -2.39. The number of carbonyl (C=O) groups is 2. The van der Waals surface area contributed by atoms with Crippen molar-refractivity contribution >= 4 is 11.8 Å². The molecule has 2 saturated heterocycles. The minimum Gasteiger partial charge on any atom is -0.355 e. The van der Waals surface area contributed by atoms with Crippen molar-refractivity contribution in [3.8, 4) is 0 Å². The van der Waals surface area contributed by atoms with E-state index in [1.54, 1.807) is 22.0 Å². The Morgan fingerprint density at radius 2 is 2.12 bits per heavy atom. The van der Waals surface area contributed by atoms with Crippen molar-refractivity contribution in [3.05, 3.63) is 18.0 Å². The number of amides is 2. The number of nitrogens with zero attached hydrogens (tertiary/aromatic N) is 4. The summed E-state index contributed by atoms with van der Waals surface area (Å²) in [5.41, 5.74) is 0.635. The maximum Gasteiger partial charge on any atom is 0.256 e. The lowest BCUT2D eigenvalue weighted by molar-refractivity contribution is -0.128. The van der Waals surface area contributed by atoms with Gasteiger partial charge in [0.1, 0.15) is 0 Å². The second-order valence-electron chi connectivity index (χ2n) is 7.02. The molecule has 1 N–H and O–H groups in total. The summed E-state index contributed by atoms with van der Waals surface area (Å²) in [7, 11) is 3.67. The van der Waals surface area contributed by atoms with Gasteiger partial charge in [0.2, 0.25) is 5.91 Å². The van der Waals surface area contributed by atoms with Crippen molar-refractivity contribution in [1.29, 1.82) is 0 Å². The minimum atomic E-state index is 0.0252. The van der Waals surface area contributed by atoms with E-state index in [1.165, 1.54) is 0 Å². The van der Waals surface area contributed by atoms with Crippen molar-refractivity contribution in [3.63, 3.8) is 0 Å². The van der Waals surface area contributed by atoms with Crippen LogP contribution >= 0.6 is 0 Å². The molecule has 132 valence electrons. The largest absolute Gasteiger partial charge is 0.355 e. The van der Waals surface area contributed by atoms with Crippen molar-refractivity contribution in [2.75, 3.05) is 33.2 Å². The van der Waals surface area contributed by atoms with Crippen molar-refractivity contribution in [1.82, 2.24) is 24.9 Å². The molecule has 2 aliphatic rings. The molecule has 7 heteroatoms. The molecular weight excluding hydrogens is 306 g/mol. The maximum atomic E-state index is 12.4. The molecule has 2 amide bonds. The fourth-order valence-corrected chi connectivity index (χ4v) is 3.77. The van der Waals surface area contributed by atoms with E-state index in [-0.39, 0.29) is 17.9 Å². The lowest BCUT2D eigenvalue weighted by atomic mass is 9.93. The number of rotatable bonds is 4. The summed E-state index contributed by atoms with van der Waals surface area (Å²) >= 11 is 0. The molecular formula is C17H27N5O2. The van der Waals surface area contributed by atoms with Crippen LogP contribution in [0.5, 0.6) is 0 Å². The second-order valence-corrected chi connectivity index (χ2v) is 7.02. The zero-order valence-corrected chi connectivity index (χ0v) is 14.6. The molecule has 0 radical (unpaired) electrons. The molecule has 0 spiro atoms. The first-order valence-corrected chi connectivity index (χ1v) is 8.80. The molecule has 0 saturated carbocycles. The third-order valence-electron chi connectivity index (χ3n) is 5.18. The number of hydrogen-bond donors (Lipinski definition) is 1. The molecule has 1 atom stereocenters. The Morgan fingerprint density at radius 1 is 1.38 bits per heavy atom. The summed E-state index contributed by atoms with van der Waals surface area (Å²) in [5, 5.41) is 7.03. The van der Waals surface area contributed by atoms with E-state index >= 15 is 0 Å². The van der Waals surface area contributed by atoms with Crippen LogP contribution in [0.4, 0.5) is 0 Å². The summed E-state index contributed by atoms with van der Waals surface area (Å²) in [5.74, 6) is 0.708. The van der Waals surface area contributed by atoms with Crippen LogP contribution in [-0.4, -0.2) is 70.7 Å². The van der Waals surface area contributed by atoms with Gasteiger partial charge >= 0.3 is 0 Å². The Balaban J connectivity index is 1.48. The van der Waals surface area contributed by atoms with Gasteiger partial charge in [-0.3, -0.25) is 19.2 Å². The molecule has 1 unspecified atom stereocenters. The van der Waals surface area contributed by atoms with Crippen LogP contribution in [0.3, 0.4) is 0 Å². The predicted octanol–water partition coefficient (Wildman–Crippen LogP) is 0.483. The minimum absolute atomic E-state index is 0.0252. The van der Waals surface area contributed by atoms with Crippen LogP contribution < -0.4 is 5.32 Å². The standard InChI is InChI=1S/C17H27N5O2/c1-20(17(24)14-10-19-21(2)12-14)11-13-5-8-22(9-6-13)15-4-3-7-18-16(15)23/h10,12-13,15H,3-9,11H2,1-2H3,(H,18,23). The highest BCUT2D eigenvalue weighted by molar-refractivity contribution is 5.93. The van der Waals surface area contributed by atoms with E-state index in [4.69, 9.17) is 0 Å². The van der Waals surface area contributed by atoms with Gasteiger partial charge in [-0.05, 0) is 44.7 Å². The number of hydrogen-bond acceptors (Lipinski definition) is 4. The number of nitrogens with one attached hydrogen (secondary N) is 1. The first kappa shape index (κ1) is 17.0. The molecule has 1 aromatic heterocycles. The average molecular weight is 333 g/mol. The van der Waals surface area contributed by atoms with Gasteiger partial charge in [-0.2, -0.15) is 5.10 Å². The highest BCUT2D eigenvalue weighted by atomic mass is 16.2. The Bertz CT molecular complexity index is 592. The van der Waals surface area contributed by atoms with Crippen molar-refractivity contribution < 1.29 is 9.59 Å². The third-order valence-corrected chi connectivity index (χ3v) is 5.18. The summed E-state index contributed by atoms with van der Waals surface area (Å²) in [6.07, 6.45) is 7.48. The predicted molar refractivity (Wildman–Crippen MR) is 90.5 cm³/mol. The van der Waals surface area contributed by atoms with Gasteiger partial charge in [0.25, 0.3) is 5.91 Å². The van der Waals surface area contributed by atoms with E-state index in [1.807, 2.05) is 14.1 Å². The number of piperidine rings is 2. The van der Waals surface area contributed by atoms with Gasteiger partial charge in [0.05, 0.1) is 17.8 Å². The van der Waals surface area contributed by atoms with Gasteiger partial charge in [-0.25, -0.2) is 0 Å². The molecule has 0 bridgehead atoms. The van der Waals surface area contributed by atoms with Gasteiger partial charge in [0.15, 0.2) is 0 Å². The van der Waals surface area contributed by atoms with Crippen LogP contribution in [0.1, 0.15) is 36.0 Å². The topological polar surface area (TPSA) is 70.5 Å². The van der Waals surface area contributed by atoms with Crippen LogP contribution in [0.2, 0.25) is 0 Å². The molecule has 3 rings (SSSR count).